The minimum atomic E-state index is 0.0761. The van der Waals surface area contributed by atoms with Crippen LogP contribution in [0.3, 0.4) is 0 Å². The van der Waals surface area contributed by atoms with Crippen molar-refractivity contribution in [2.45, 2.75) is 38.5 Å². The summed E-state index contributed by atoms with van der Waals surface area (Å²) < 4.78 is 5.73. The van der Waals surface area contributed by atoms with E-state index < -0.39 is 0 Å². The molecule has 2 rings (SSSR count). The molecule has 0 radical (unpaired) electrons. The van der Waals surface area contributed by atoms with Crippen molar-refractivity contribution < 1.29 is 9.53 Å². The number of ether oxygens (including phenoxy) is 1. The summed E-state index contributed by atoms with van der Waals surface area (Å²) >= 11 is 3.43. The van der Waals surface area contributed by atoms with E-state index in [4.69, 9.17) is 4.74 Å². The molecule has 4 heteroatoms. The molecule has 0 aliphatic heterocycles. The zero-order chi connectivity index (χ0) is 17.0. The molecule has 0 aromatic heterocycles. The lowest BCUT2D eigenvalue weighted by molar-refractivity contribution is -0.116. The number of amides is 1. The molecule has 2 aromatic rings. The number of carbonyl (C=O) groups excluding carboxylic acids is 1. The van der Waals surface area contributed by atoms with Gasteiger partial charge < -0.3 is 10.1 Å². The predicted molar refractivity (Wildman–Crippen MR) is 103 cm³/mol. The molecule has 128 valence electrons. The fraction of sp³-hybridized carbons (Fsp3) is 0.350. The summed E-state index contributed by atoms with van der Waals surface area (Å²) in [6, 6.07) is 17.1. The first kappa shape index (κ1) is 18.5. The Morgan fingerprint density at radius 1 is 0.833 bits per heavy atom. The summed E-state index contributed by atoms with van der Waals surface area (Å²) in [7, 11) is 0. The largest absolute Gasteiger partial charge is 0.457 e. The van der Waals surface area contributed by atoms with Gasteiger partial charge in [-0.1, -0.05) is 53.4 Å². The third-order valence-electron chi connectivity index (χ3n) is 3.65. The Labute approximate surface area is 152 Å². The smallest absolute Gasteiger partial charge is 0.224 e. The van der Waals surface area contributed by atoms with E-state index in [2.05, 4.69) is 21.2 Å². The van der Waals surface area contributed by atoms with Crippen molar-refractivity contribution in [2.75, 3.05) is 10.6 Å². The number of hydrogen-bond acceptors (Lipinski definition) is 2. The Morgan fingerprint density at radius 3 is 2.17 bits per heavy atom. The topological polar surface area (TPSA) is 38.3 Å². The average Bonchev–Trinajstić information content (AvgIpc) is 2.61. The van der Waals surface area contributed by atoms with E-state index >= 15 is 0 Å². The van der Waals surface area contributed by atoms with Gasteiger partial charge in [0.2, 0.25) is 5.91 Å². The van der Waals surface area contributed by atoms with Gasteiger partial charge in [-0.15, -0.1) is 0 Å². The molecule has 1 amide bonds. The van der Waals surface area contributed by atoms with Gasteiger partial charge in [-0.25, -0.2) is 0 Å². The zero-order valence-electron chi connectivity index (χ0n) is 13.8. The molecule has 0 unspecified atom stereocenters. The Balaban J connectivity index is 1.70. The van der Waals surface area contributed by atoms with Gasteiger partial charge in [0.1, 0.15) is 11.5 Å². The third kappa shape index (κ3) is 7.18. The van der Waals surface area contributed by atoms with Crippen LogP contribution < -0.4 is 10.1 Å². The van der Waals surface area contributed by atoms with E-state index in [0.717, 1.165) is 35.4 Å². The predicted octanol–water partition coefficient (Wildman–Crippen LogP) is 6.15. The first-order chi connectivity index (χ1) is 11.8. The molecule has 0 fully saturated rings. The van der Waals surface area contributed by atoms with Crippen LogP contribution in [-0.4, -0.2) is 11.2 Å². The number of nitrogens with one attached hydrogen (secondary N) is 1. The second kappa shape index (κ2) is 10.9. The third-order valence-corrected chi connectivity index (χ3v) is 4.22. The number of benzene rings is 2. The van der Waals surface area contributed by atoms with Crippen LogP contribution in [0, 0.1) is 0 Å². The lowest BCUT2D eigenvalue weighted by Crippen LogP contribution is -2.10. The van der Waals surface area contributed by atoms with Crippen LogP contribution in [0.1, 0.15) is 38.5 Å². The van der Waals surface area contributed by atoms with Gasteiger partial charge in [-0.3, -0.25) is 4.79 Å². The Kier molecular flexibility index (Phi) is 8.39. The van der Waals surface area contributed by atoms with Crippen molar-refractivity contribution in [3.8, 4) is 11.5 Å². The van der Waals surface area contributed by atoms with E-state index in [0.29, 0.717) is 6.42 Å². The molecule has 1 N–H and O–H groups in total. The van der Waals surface area contributed by atoms with Crippen molar-refractivity contribution in [3.05, 3.63) is 54.6 Å². The molecular weight excluding hydrogens is 366 g/mol. The number of unbranched alkanes of at least 4 members (excludes halogenated alkanes) is 4. The fourth-order valence-corrected chi connectivity index (χ4v) is 2.76. The van der Waals surface area contributed by atoms with Crippen molar-refractivity contribution in [2.24, 2.45) is 0 Å². The lowest BCUT2D eigenvalue weighted by atomic mass is 10.1. The van der Waals surface area contributed by atoms with Crippen LogP contribution in [0.25, 0.3) is 0 Å². The van der Waals surface area contributed by atoms with Gasteiger partial charge >= 0.3 is 0 Å². The summed E-state index contributed by atoms with van der Waals surface area (Å²) in [5, 5.41) is 4.00. The van der Waals surface area contributed by atoms with Crippen molar-refractivity contribution in [1.82, 2.24) is 0 Å². The zero-order valence-corrected chi connectivity index (χ0v) is 15.4. The first-order valence-electron chi connectivity index (χ1n) is 8.47. The number of rotatable bonds is 10. The summed E-state index contributed by atoms with van der Waals surface area (Å²) in [4.78, 5) is 11.9. The lowest BCUT2D eigenvalue weighted by Gasteiger charge is -2.08. The Hall–Kier alpha value is -1.81. The van der Waals surface area contributed by atoms with Gasteiger partial charge in [0.15, 0.2) is 0 Å². The second-order valence-corrected chi connectivity index (χ2v) is 6.49. The molecule has 3 nitrogen and oxygen atoms in total. The van der Waals surface area contributed by atoms with Gasteiger partial charge in [0.25, 0.3) is 0 Å². The summed E-state index contributed by atoms with van der Waals surface area (Å²) in [5.74, 6) is 1.63. The van der Waals surface area contributed by atoms with Gasteiger partial charge in [0.05, 0.1) is 0 Å². The van der Waals surface area contributed by atoms with Gasteiger partial charge in [-0.2, -0.15) is 0 Å². The molecule has 0 saturated carbocycles. The molecule has 0 saturated heterocycles. The van der Waals surface area contributed by atoms with Crippen LogP contribution in [0.15, 0.2) is 54.6 Å². The number of para-hydroxylation sites is 1. The molecule has 0 spiro atoms. The highest BCUT2D eigenvalue weighted by Gasteiger charge is 2.03. The fourth-order valence-electron chi connectivity index (χ4n) is 2.36. The molecule has 2 aromatic carbocycles. The van der Waals surface area contributed by atoms with Crippen molar-refractivity contribution in [1.29, 1.82) is 0 Å². The molecular formula is C20H24BrNO2. The summed E-state index contributed by atoms with van der Waals surface area (Å²) in [6.45, 7) is 0. The highest BCUT2D eigenvalue weighted by molar-refractivity contribution is 9.09. The summed E-state index contributed by atoms with van der Waals surface area (Å²) in [5.41, 5.74) is 0.805. The molecule has 0 heterocycles. The normalized spacial score (nSPS) is 10.4. The molecule has 0 aliphatic rings. The maximum Gasteiger partial charge on any atom is 0.224 e. The van der Waals surface area contributed by atoms with E-state index in [1.54, 1.807) is 0 Å². The van der Waals surface area contributed by atoms with Gasteiger partial charge in [-0.05, 0) is 49.2 Å². The maximum atomic E-state index is 11.9. The number of halogens is 1. The highest BCUT2D eigenvalue weighted by atomic mass is 79.9. The quantitative estimate of drug-likeness (QED) is 0.390. The highest BCUT2D eigenvalue weighted by Crippen LogP contribution is 2.22. The number of anilines is 1. The van der Waals surface area contributed by atoms with Crippen molar-refractivity contribution in [3.63, 3.8) is 0 Å². The monoisotopic (exact) mass is 389 g/mol. The minimum Gasteiger partial charge on any atom is -0.457 e. The Bertz CT molecular complexity index is 599. The van der Waals surface area contributed by atoms with Gasteiger partial charge in [0, 0.05) is 17.4 Å². The number of alkyl halides is 1. The SMILES string of the molecule is O=C(CCCCCCCBr)Nc1ccc(Oc2ccccc2)cc1. The van der Waals surface area contributed by atoms with Crippen LogP contribution in [0.4, 0.5) is 5.69 Å². The van der Waals surface area contributed by atoms with Crippen LogP contribution in [0.5, 0.6) is 11.5 Å². The average molecular weight is 390 g/mol. The van der Waals surface area contributed by atoms with Crippen LogP contribution in [-0.2, 0) is 4.79 Å². The Morgan fingerprint density at radius 2 is 1.46 bits per heavy atom. The van der Waals surface area contributed by atoms with Crippen LogP contribution >= 0.6 is 15.9 Å². The maximum absolute atomic E-state index is 11.9. The van der Waals surface area contributed by atoms with E-state index in [9.17, 15) is 4.79 Å². The number of hydrogen-bond donors (Lipinski definition) is 1. The molecule has 0 atom stereocenters. The first-order valence-corrected chi connectivity index (χ1v) is 9.59. The molecule has 0 aliphatic carbocycles. The standard InChI is InChI=1S/C20H24BrNO2/c21-16-8-3-1-2-7-11-20(23)22-17-12-14-19(15-13-17)24-18-9-5-4-6-10-18/h4-6,9-10,12-15H,1-3,7-8,11,16H2,(H,22,23). The molecule has 0 bridgehead atoms. The number of carbonyl (C=O) groups is 1. The van der Waals surface area contributed by atoms with E-state index in [1.165, 1.54) is 19.3 Å². The second-order valence-electron chi connectivity index (χ2n) is 5.69. The summed E-state index contributed by atoms with van der Waals surface area (Å²) in [6.07, 6.45) is 6.29. The van der Waals surface area contributed by atoms with E-state index in [1.807, 2.05) is 54.6 Å². The van der Waals surface area contributed by atoms with Crippen molar-refractivity contribution >= 4 is 27.5 Å². The molecule has 24 heavy (non-hydrogen) atoms. The minimum absolute atomic E-state index is 0.0761. The van der Waals surface area contributed by atoms with E-state index in [-0.39, 0.29) is 5.91 Å². The van der Waals surface area contributed by atoms with Crippen LogP contribution in [0.2, 0.25) is 0 Å².